The molecule has 0 aliphatic carbocycles. The summed E-state index contributed by atoms with van der Waals surface area (Å²) >= 11 is 0. The van der Waals surface area contributed by atoms with E-state index in [-0.39, 0.29) is 18.1 Å². The highest BCUT2D eigenvalue weighted by Gasteiger charge is 2.12. The first-order valence-corrected chi connectivity index (χ1v) is 4.88. The number of rotatable bonds is 3. The lowest BCUT2D eigenvalue weighted by molar-refractivity contribution is 0.0831. The highest BCUT2D eigenvalue weighted by molar-refractivity contribution is 6.07. The zero-order valence-electron chi connectivity index (χ0n) is 8.54. The molecule has 0 spiro atoms. The summed E-state index contributed by atoms with van der Waals surface area (Å²) in [5.41, 5.74) is 0.544. The molecule has 80 valence electrons. The minimum absolute atomic E-state index is 0.161. The molecule has 4 heteroatoms. The lowest BCUT2D eigenvalue weighted by Crippen LogP contribution is -2.16. The van der Waals surface area contributed by atoms with E-state index in [0.29, 0.717) is 5.56 Å². The summed E-state index contributed by atoms with van der Waals surface area (Å²) in [7, 11) is 0. The van der Waals surface area contributed by atoms with Gasteiger partial charge in [-0.15, -0.1) is 0 Å². The maximum Gasteiger partial charge on any atom is 0.254 e. The molecule has 2 aromatic rings. The van der Waals surface area contributed by atoms with Crippen molar-refractivity contribution in [3.05, 3.63) is 54.4 Å². The number of hydrogen-bond donors (Lipinski definition) is 0. The molecule has 0 radical (unpaired) electrons. The molecule has 0 atom stereocenters. The summed E-state index contributed by atoms with van der Waals surface area (Å²) in [6.45, 7) is 0. The molecule has 2 rings (SSSR count). The maximum atomic E-state index is 11.7. The molecule has 1 heterocycles. The zero-order valence-corrected chi connectivity index (χ0v) is 8.54. The van der Waals surface area contributed by atoms with Crippen LogP contribution in [0.2, 0.25) is 0 Å². The fourth-order valence-electron chi connectivity index (χ4n) is 1.36. The van der Waals surface area contributed by atoms with Crippen LogP contribution < -0.4 is 0 Å². The Balaban J connectivity index is 2.06. The molecule has 0 amide bonds. The number of hydrogen-bond acceptors (Lipinski definition) is 3. The third-order valence-electron chi connectivity index (χ3n) is 2.17. The van der Waals surface area contributed by atoms with Crippen LogP contribution in [0.25, 0.3) is 0 Å². The molecule has 0 aliphatic heterocycles. The van der Waals surface area contributed by atoms with E-state index in [2.05, 4.69) is 5.10 Å². The van der Waals surface area contributed by atoms with Crippen molar-refractivity contribution in [2.24, 2.45) is 0 Å². The van der Waals surface area contributed by atoms with Gasteiger partial charge >= 0.3 is 0 Å². The van der Waals surface area contributed by atoms with Gasteiger partial charge in [0.25, 0.3) is 5.91 Å². The molecule has 0 fully saturated rings. The Labute approximate surface area is 92.5 Å². The summed E-state index contributed by atoms with van der Waals surface area (Å²) in [5, 5.41) is 3.78. The van der Waals surface area contributed by atoms with Gasteiger partial charge in [-0.1, -0.05) is 30.3 Å². The number of aromatic nitrogens is 2. The molecule has 1 aromatic heterocycles. The number of benzene rings is 1. The third-order valence-corrected chi connectivity index (χ3v) is 2.17. The molecule has 4 nitrogen and oxygen atoms in total. The van der Waals surface area contributed by atoms with Crippen LogP contribution in [-0.4, -0.2) is 21.5 Å². The molecule has 0 bridgehead atoms. The van der Waals surface area contributed by atoms with Crippen molar-refractivity contribution < 1.29 is 9.59 Å². The van der Waals surface area contributed by atoms with Gasteiger partial charge in [-0.25, -0.2) is 4.68 Å². The Morgan fingerprint density at radius 3 is 2.50 bits per heavy atom. The smallest absolute Gasteiger partial charge is 0.254 e. The number of Topliss-reactive ketones (excluding diaryl/α,β-unsaturated/α-hetero) is 1. The maximum absolute atomic E-state index is 11.7. The quantitative estimate of drug-likeness (QED) is 0.578. The average Bonchev–Trinajstić information content (AvgIpc) is 2.83. The second-order valence-corrected chi connectivity index (χ2v) is 3.31. The fraction of sp³-hybridized carbons (Fsp3) is 0.0833. The van der Waals surface area contributed by atoms with E-state index in [9.17, 15) is 9.59 Å². The van der Waals surface area contributed by atoms with E-state index in [0.717, 1.165) is 0 Å². The largest absolute Gasteiger partial charge is 0.294 e. The van der Waals surface area contributed by atoms with E-state index in [1.54, 1.807) is 30.3 Å². The van der Waals surface area contributed by atoms with Crippen LogP contribution in [0.15, 0.2) is 48.8 Å². The van der Waals surface area contributed by atoms with Gasteiger partial charge in [0.15, 0.2) is 5.78 Å². The van der Waals surface area contributed by atoms with Crippen LogP contribution in [0.4, 0.5) is 0 Å². The van der Waals surface area contributed by atoms with Crippen molar-refractivity contribution in [1.82, 2.24) is 9.78 Å². The summed E-state index contributed by atoms with van der Waals surface area (Å²) in [6.07, 6.45) is 2.87. The zero-order chi connectivity index (χ0) is 11.4. The summed E-state index contributed by atoms with van der Waals surface area (Å²) < 4.78 is 1.17. The molecule has 0 saturated carbocycles. The Morgan fingerprint density at radius 2 is 1.88 bits per heavy atom. The van der Waals surface area contributed by atoms with Gasteiger partial charge in [0.05, 0.1) is 6.42 Å². The average molecular weight is 214 g/mol. The summed E-state index contributed by atoms with van der Waals surface area (Å²) in [5.74, 6) is -0.514. The minimum Gasteiger partial charge on any atom is -0.294 e. The topological polar surface area (TPSA) is 52.0 Å². The van der Waals surface area contributed by atoms with Gasteiger partial charge in [0.2, 0.25) is 0 Å². The van der Waals surface area contributed by atoms with E-state index in [1.165, 1.54) is 17.1 Å². The van der Waals surface area contributed by atoms with Crippen LogP contribution >= 0.6 is 0 Å². The van der Waals surface area contributed by atoms with Crippen molar-refractivity contribution >= 4 is 11.7 Å². The van der Waals surface area contributed by atoms with Crippen LogP contribution in [-0.2, 0) is 0 Å². The van der Waals surface area contributed by atoms with Crippen molar-refractivity contribution in [3.63, 3.8) is 0 Å². The Bertz CT molecular complexity index is 489. The summed E-state index contributed by atoms with van der Waals surface area (Å²) in [6, 6.07) is 10.4. The third kappa shape index (κ3) is 2.23. The van der Waals surface area contributed by atoms with Crippen LogP contribution in [0.1, 0.15) is 21.6 Å². The van der Waals surface area contributed by atoms with E-state index < -0.39 is 0 Å². The van der Waals surface area contributed by atoms with Crippen molar-refractivity contribution in [2.75, 3.05) is 0 Å². The fourth-order valence-corrected chi connectivity index (χ4v) is 1.36. The second-order valence-electron chi connectivity index (χ2n) is 3.31. The van der Waals surface area contributed by atoms with E-state index in [4.69, 9.17) is 0 Å². The molecular formula is C12H10N2O2. The Kier molecular flexibility index (Phi) is 2.91. The number of carbonyl (C=O) groups excluding carboxylic acids is 2. The van der Waals surface area contributed by atoms with Crippen LogP contribution in [0.5, 0.6) is 0 Å². The monoisotopic (exact) mass is 214 g/mol. The Hall–Kier alpha value is -2.23. The van der Waals surface area contributed by atoms with Gasteiger partial charge in [-0.3, -0.25) is 9.59 Å². The van der Waals surface area contributed by atoms with Crippen LogP contribution in [0, 0.1) is 0 Å². The molecule has 0 unspecified atom stereocenters. The minimum atomic E-state index is -0.321. The highest BCUT2D eigenvalue weighted by atomic mass is 16.2. The number of carbonyl (C=O) groups is 2. The molecule has 16 heavy (non-hydrogen) atoms. The van der Waals surface area contributed by atoms with Crippen molar-refractivity contribution in [1.29, 1.82) is 0 Å². The lowest BCUT2D eigenvalue weighted by Gasteiger charge is -2.00. The van der Waals surface area contributed by atoms with E-state index >= 15 is 0 Å². The SMILES string of the molecule is O=C(CC(=O)n1cccn1)c1ccccc1. The first-order valence-electron chi connectivity index (χ1n) is 4.88. The first-order chi connectivity index (χ1) is 7.77. The van der Waals surface area contributed by atoms with Gasteiger partial charge < -0.3 is 0 Å². The Morgan fingerprint density at radius 1 is 1.12 bits per heavy atom. The number of ketones is 1. The normalized spacial score (nSPS) is 10.0. The second kappa shape index (κ2) is 4.53. The standard InChI is InChI=1S/C12H10N2O2/c15-11(10-5-2-1-3-6-10)9-12(16)14-8-4-7-13-14/h1-8H,9H2. The van der Waals surface area contributed by atoms with Gasteiger partial charge in [0.1, 0.15) is 0 Å². The molecular weight excluding hydrogens is 204 g/mol. The molecule has 0 aliphatic rings. The molecule has 1 aromatic carbocycles. The first kappa shape index (κ1) is 10.3. The van der Waals surface area contributed by atoms with Crippen LogP contribution in [0.3, 0.4) is 0 Å². The molecule has 0 saturated heterocycles. The number of nitrogens with zero attached hydrogens (tertiary/aromatic N) is 2. The predicted octanol–water partition coefficient (Wildman–Crippen LogP) is 1.80. The summed E-state index contributed by atoms with van der Waals surface area (Å²) in [4.78, 5) is 23.3. The van der Waals surface area contributed by atoms with Gasteiger partial charge in [-0.05, 0) is 6.07 Å². The van der Waals surface area contributed by atoms with Crippen molar-refractivity contribution in [3.8, 4) is 0 Å². The predicted molar refractivity (Wildman–Crippen MR) is 58.2 cm³/mol. The van der Waals surface area contributed by atoms with Crippen molar-refractivity contribution in [2.45, 2.75) is 6.42 Å². The lowest BCUT2D eigenvalue weighted by atomic mass is 10.1. The highest BCUT2D eigenvalue weighted by Crippen LogP contribution is 2.04. The van der Waals surface area contributed by atoms with Gasteiger partial charge in [0, 0.05) is 18.0 Å². The van der Waals surface area contributed by atoms with E-state index in [1.807, 2.05) is 6.07 Å². The molecule has 0 N–H and O–H groups in total. The van der Waals surface area contributed by atoms with Gasteiger partial charge in [-0.2, -0.15) is 5.10 Å².